The minimum absolute atomic E-state index is 0.782. The summed E-state index contributed by atoms with van der Waals surface area (Å²) in [6.45, 7) is 0. The van der Waals surface area contributed by atoms with Crippen molar-refractivity contribution in [2.45, 2.75) is 0 Å². The van der Waals surface area contributed by atoms with E-state index in [9.17, 15) is 0 Å². The molecular weight excluding hydrogens is 436 g/mol. The molecule has 4 N–H and O–H groups in total. The van der Waals surface area contributed by atoms with Crippen molar-refractivity contribution in [2.75, 3.05) is 11.5 Å². The van der Waals surface area contributed by atoms with Crippen LogP contribution in [0.5, 0.6) is 0 Å². The summed E-state index contributed by atoms with van der Waals surface area (Å²) in [7, 11) is 0. The molecule has 0 atom stereocenters. The molecule has 7 rings (SSSR count). The van der Waals surface area contributed by atoms with Gasteiger partial charge in [-0.15, -0.1) is 0 Å². The van der Waals surface area contributed by atoms with Gasteiger partial charge < -0.3 is 11.5 Å². The Morgan fingerprint density at radius 3 is 0.806 bits per heavy atom. The van der Waals surface area contributed by atoms with Crippen LogP contribution in [0.1, 0.15) is 0 Å². The molecule has 0 aliphatic carbocycles. The fraction of sp³-hybridized carbons (Fsp3) is 0. The van der Waals surface area contributed by atoms with Crippen LogP contribution >= 0.6 is 0 Å². The first-order valence-electron chi connectivity index (χ1n) is 12.1. The van der Waals surface area contributed by atoms with E-state index in [0.29, 0.717) is 0 Å². The molecule has 0 radical (unpaired) electrons. The maximum Gasteiger partial charge on any atom is 0.0314 e. The zero-order chi connectivity index (χ0) is 24.5. The number of nitrogens with two attached hydrogens (primary N) is 2. The quantitative estimate of drug-likeness (QED) is 0.189. The van der Waals surface area contributed by atoms with Gasteiger partial charge in [-0.3, -0.25) is 0 Å². The summed E-state index contributed by atoms with van der Waals surface area (Å²) in [6.07, 6.45) is 0. The third kappa shape index (κ3) is 4.33. The molecule has 0 unspecified atom stereocenters. The Labute approximate surface area is 210 Å². The highest BCUT2D eigenvalue weighted by atomic mass is 14.5. The van der Waals surface area contributed by atoms with Gasteiger partial charge in [0.25, 0.3) is 0 Å². The Balaban J connectivity index is 0.000000149. The predicted molar refractivity (Wildman–Crippen MR) is 157 cm³/mol. The van der Waals surface area contributed by atoms with Gasteiger partial charge in [0.1, 0.15) is 0 Å². The van der Waals surface area contributed by atoms with Crippen molar-refractivity contribution in [3.05, 3.63) is 133 Å². The lowest BCUT2D eigenvalue weighted by Crippen LogP contribution is -1.85. The maximum atomic E-state index is 5.61. The molecule has 2 nitrogen and oxygen atoms in total. The van der Waals surface area contributed by atoms with Crippen molar-refractivity contribution in [3.63, 3.8) is 0 Å². The van der Waals surface area contributed by atoms with Crippen molar-refractivity contribution in [1.29, 1.82) is 0 Å². The fourth-order valence-corrected chi connectivity index (χ4v) is 4.74. The summed E-state index contributed by atoms with van der Waals surface area (Å²) in [6, 6.07) is 46.5. The van der Waals surface area contributed by atoms with Gasteiger partial charge in [-0.05, 0) is 115 Å². The number of benzene rings is 7. The maximum absolute atomic E-state index is 5.61. The predicted octanol–water partition coefficient (Wildman–Crippen LogP) is 8.82. The summed E-state index contributed by atoms with van der Waals surface area (Å²) >= 11 is 0. The second-order valence-corrected chi connectivity index (χ2v) is 9.19. The highest BCUT2D eigenvalue weighted by Gasteiger charge is 2.03. The standard InChI is InChI=1S/C22H14.C12H12N2/c1-2-6-16-10-20-14-22-12-18-8-4-3-7-17(18)11-21(22)13-19(20)9-15(16)5-1;13-11-5-1-9(2-6-11)10-3-7-12(14)8-4-10/h1-14H;1-8H,13-14H2. The summed E-state index contributed by atoms with van der Waals surface area (Å²) in [5.74, 6) is 0. The molecule has 2 heteroatoms. The van der Waals surface area contributed by atoms with E-state index in [0.717, 1.165) is 22.5 Å². The summed E-state index contributed by atoms with van der Waals surface area (Å²) < 4.78 is 0. The zero-order valence-electron chi connectivity index (χ0n) is 19.9. The normalized spacial score (nSPS) is 11.0. The number of fused-ring (bicyclic) bond motifs is 4. The van der Waals surface area contributed by atoms with Crippen molar-refractivity contribution >= 4 is 54.5 Å². The lowest BCUT2D eigenvalue weighted by Gasteiger charge is -2.07. The first-order valence-corrected chi connectivity index (χ1v) is 12.1. The number of anilines is 2. The molecule has 7 aromatic carbocycles. The van der Waals surface area contributed by atoms with Crippen LogP contribution in [0.15, 0.2) is 133 Å². The molecule has 0 bridgehead atoms. The van der Waals surface area contributed by atoms with Gasteiger partial charge in [0.2, 0.25) is 0 Å². The molecule has 7 aromatic rings. The highest BCUT2D eigenvalue weighted by Crippen LogP contribution is 2.30. The average molecular weight is 463 g/mol. The van der Waals surface area contributed by atoms with Crippen LogP contribution in [-0.4, -0.2) is 0 Å². The van der Waals surface area contributed by atoms with Gasteiger partial charge in [0, 0.05) is 11.4 Å². The van der Waals surface area contributed by atoms with Crippen LogP contribution in [0.2, 0.25) is 0 Å². The molecular formula is C34H26N2. The van der Waals surface area contributed by atoms with Crippen molar-refractivity contribution in [2.24, 2.45) is 0 Å². The summed E-state index contributed by atoms with van der Waals surface area (Å²) in [4.78, 5) is 0. The Hall–Kier alpha value is -4.82. The third-order valence-electron chi connectivity index (χ3n) is 6.68. The minimum Gasteiger partial charge on any atom is -0.399 e. The number of rotatable bonds is 1. The van der Waals surface area contributed by atoms with E-state index in [4.69, 9.17) is 11.5 Å². The van der Waals surface area contributed by atoms with Crippen LogP contribution in [-0.2, 0) is 0 Å². The molecule has 0 saturated heterocycles. The lowest BCUT2D eigenvalue weighted by atomic mass is 9.97. The molecule has 0 heterocycles. The SMILES string of the molecule is Nc1ccc(-c2ccc(N)cc2)cc1.c1ccc2cc3cc4cc5ccccc5cc4cc3cc2c1. The van der Waals surface area contributed by atoms with Crippen molar-refractivity contribution in [3.8, 4) is 11.1 Å². The van der Waals surface area contributed by atoms with Crippen LogP contribution in [0, 0.1) is 0 Å². The van der Waals surface area contributed by atoms with Gasteiger partial charge in [-0.25, -0.2) is 0 Å². The van der Waals surface area contributed by atoms with Gasteiger partial charge >= 0.3 is 0 Å². The molecule has 0 saturated carbocycles. The first-order chi connectivity index (χ1) is 17.6. The van der Waals surface area contributed by atoms with Gasteiger partial charge in [0.15, 0.2) is 0 Å². The van der Waals surface area contributed by atoms with Crippen molar-refractivity contribution in [1.82, 2.24) is 0 Å². The Bertz CT molecular complexity index is 1610. The highest BCUT2D eigenvalue weighted by molar-refractivity contribution is 6.08. The molecule has 0 fully saturated rings. The van der Waals surface area contributed by atoms with Crippen molar-refractivity contribution < 1.29 is 0 Å². The summed E-state index contributed by atoms with van der Waals surface area (Å²) in [5, 5.41) is 10.4. The Morgan fingerprint density at radius 1 is 0.278 bits per heavy atom. The Morgan fingerprint density at radius 2 is 0.528 bits per heavy atom. The van der Waals surface area contributed by atoms with E-state index in [1.165, 1.54) is 43.1 Å². The monoisotopic (exact) mass is 462 g/mol. The number of nitrogen functional groups attached to an aromatic ring is 2. The molecule has 172 valence electrons. The molecule has 0 spiro atoms. The molecule has 0 aromatic heterocycles. The zero-order valence-corrected chi connectivity index (χ0v) is 19.9. The molecule has 0 aliphatic rings. The van der Waals surface area contributed by atoms with E-state index in [1.54, 1.807) is 0 Å². The minimum atomic E-state index is 0.782. The molecule has 0 amide bonds. The average Bonchev–Trinajstić information content (AvgIpc) is 2.91. The third-order valence-corrected chi connectivity index (χ3v) is 6.68. The van der Waals surface area contributed by atoms with Crippen LogP contribution < -0.4 is 11.5 Å². The topological polar surface area (TPSA) is 52.0 Å². The van der Waals surface area contributed by atoms with Gasteiger partial charge in [-0.2, -0.15) is 0 Å². The molecule has 0 aliphatic heterocycles. The fourth-order valence-electron chi connectivity index (χ4n) is 4.74. The second-order valence-electron chi connectivity index (χ2n) is 9.19. The molecule has 36 heavy (non-hydrogen) atoms. The van der Waals surface area contributed by atoms with Gasteiger partial charge in [-0.1, -0.05) is 72.8 Å². The van der Waals surface area contributed by atoms with Crippen LogP contribution in [0.25, 0.3) is 54.2 Å². The van der Waals surface area contributed by atoms with Crippen LogP contribution in [0.4, 0.5) is 11.4 Å². The first kappa shape index (κ1) is 21.7. The van der Waals surface area contributed by atoms with E-state index in [-0.39, 0.29) is 0 Å². The number of hydrogen-bond acceptors (Lipinski definition) is 2. The summed E-state index contributed by atoms with van der Waals surface area (Å²) in [5.41, 5.74) is 15.1. The van der Waals surface area contributed by atoms with E-state index in [2.05, 4.69) is 84.9 Å². The smallest absolute Gasteiger partial charge is 0.0314 e. The van der Waals surface area contributed by atoms with E-state index < -0.39 is 0 Å². The van der Waals surface area contributed by atoms with E-state index in [1.807, 2.05) is 48.5 Å². The number of hydrogen-bond donors (Lipinski definition) is 2. The second kappa shape index (κ2) is 9.09. The van der Waals surface area contributed by atoms with E-state index >= 15 is 0 Å². The lowest BCUT2D eigenvalue weighted by molar-refractivity contribution is 1.61. The van der Waals surface area contributed by atoms with Crippen LogP contribution in [0.3, 0.4) is 0 Å². The largest absolute Gasteiger partial charge is 0.399 e. The van der Waals surface area contributed by atoms with Gasteiger partial charge in [0.05, 0.1) is 0 Å². The Kier molecular flexibility index (Phi) is 5.48.